The Labute approximate surface area is 177 Å². The molecule has 0 aliphatic carbocycles. The molecule has 158 valence electrons. The van der Waals surface area contributed by atoms with Gasteiger partial charge in [0.15, 0.2) is 5.82 Å². The molecule has 0 unspecified atom stereocenters. The Kier molecular flexibility index (Phi) is 5.54. The van der Waals surface area contributed by atoms with Gasteiger partial charge in [-0.05, 0) is 30.3 Å². The molecule has 1 fully saturated rings. The number of imidazole rings is 1. The first-order valence-electron chi connectivity index (χ1n) is 9.23. The molecule has 30 heavy (non-hydrogen) atoms. The minimum Gasteiger partial charge on any atom is -0.334 e. The molecule has 0 spiro atoms. The van der Waals surface area contributed by atoms with E-state index < -0.39 is 17.6 Å². The van der Waals surface area contributed by atoms with E-state index in [0.29, 0.717) is 37.8 Å². The zero-order valence-electron chi connectivity index (χ0n) is 15.6. The lowest BCUT2D eigenvalue weighted by molar-refractivity contribution is -0.137. The standard InChI is InChI=1S/C20H17BrF4N4O/c21-14-3-4-16-17(10-14)27-18(26-16)19(30)29-7-5-28(6-8-29)11-12-1-2-13(9-15(12)22)20(23,24)25/h1-4,9-10H,5-8,11H2,(H,26,27). The molecule has 1 aliphatic heterocycles. The Bertz CT molecular complexity index is 1090. The smallest absolute Gasteiger partial charge is 0.334 e. The Morgan fingerprint density at radius 2 is 1.83 bits per heavy atom. The highest BCUT2D eigenvalue weighted by Gasteiger charge is 2.31. The summed E-state index contributed by atoms with van der Waals surface area (Å²) in [6.45, 7) is 1.99. The molecule has 1 aromatic heterocycles. The molecular weight excluding hydrogens is 468 g/mol. The van der Waals surface area contributed by atoms with Crippen LogP contribution in [0.3, 0.4) is 0 Å². The van der Waals surface area contributed by atoms with Gasteiger partial charge >= 0.3 is 6.18 Å². The molecular formula is C20H17BrF4N4O. The molecule has 2 heterocycles. The molecule has 10 heteroatoms. The predicted molar refractivity (Wildman–Crippen MR) is 106 cm³/mol. The van der Waals surface area contributed by atoms with Crippen molar-refractivity contribution in [2.24, 2.45) is 0 Å². The maximum atomic E-state index is 14.1. The first-order chi connectivity index (χ1) is 14.2. The predicted octanol–water partition coefficient (Wildman–Crippen LogP) is 4.44. The summed E-state index contributed by atoms with van der Waals surface area (Å²) in [6.07, 6.45) is -4.57. The Balaban J connectivity index is 1.38. The molecule has 1 N–H and O–H groups in total. The van der Waals surface area contributed by atoms with Crippen molar-refractivity contribution in [2.75, 3.05) is 26.2 Å². The fourth-order valence-electron chi connectivity index (χ4n) is 3.43. The molecule has 0 radical (unpaired) electrons. The number of H-pyrrole nitrogens is 1. The van der Waals surface area contributed by atoms with Crippen molar-refractivity contribution in [1.82, 2.24) is 19.8 Å². The van der Waals surface area contributed by atoms with Crippen LogP contribution < -0.4 is 0 Å². The number of rotatable bonds is 3. The molecule has 0 atom stereocenters. The molecule has 2 aromatic carbocycles. The van der Waals surface area contributed by atoms with Crippen molar-refractivity contribution in [3.63, 3.8) is 0 Å². The largest absolute Gasteiger partial charge is 0.416 e. The van der Waals surface area contributed by atoms with Gasteiger partial charge in [0.25, 0.3) is 5.91 Å². The number of fused-ring (bicyclic) bond motifs is 1. The second-order valence-corrected chi connectivity index (χ2v) is 8.03. The van der Waals surface area contributed by atoms with Gasteiger partial charge in [0, 0.05) is 42.8 Å². The van der Waals surface area contributed by atoms with Crippen molar-refractivity contribution in [1.29, 1.82) is 0 Å². The van der Waals surface area contributed by atoms with Gasteiger partial charge in [0.1, 0.15) is 5.82 Å². The van der Waals surface area contributed by atoms with Crippen molar-refractivity contribution in [3.05, 3.63) is 63.6 Å². The summed E-state index contributed by atoms with van der Waals surface area (Å²) in [4.78, 5) is 23.7. The van der Waals surface area contributed by atoms with Crippen molar-refractivity contribution in [2.45, 2.75) is 12.7 Å². The third-order valence-corrected chi connectivity index (χ3v) is 5.57. The Morgan fingerprint density at radius 3 is 2.50 bits per heavy atom. The van der Waals surface area contributed by atoms with Gasteiger partial charge in [0.05, 0.1) is 16.6 Å². The SMILES string of the molecule is O=C(c1nc2ccc(Br)cc2[nH]1)N1CCN(Cc2ccc(C(F)(F)F)cc2F)CC1. The van der Waals surface area contributed by atoms with Gasteiger partial charge in [-0.25, -0.2) is 9.37 Å². The first kappa shape index (κ1) is 20.8. The van der Waals surface area contributed by atoms with Crippen LogP contribution in [0, 0.1) is 5.82 Å². The van der Waals surface area contributed by atoms with Crippen LogP contribution in [0.25, 0.3) is 11.0 Å². The highest BCUT2D eigenvalue weighted by Crippen LogP contribution is 2.30. The van der Waals surface area contributed by atoms with E-state index in [1.54, 1.807) is 4.90 Å². The number of benzene rings is 2. The number of nitrogens with one attached hydrogen (secondary N) is 1. The second-order valence-electron chi connectivity index (χ2n) is 7.12. The van der Waals surface area contributed by atoms with E-state index in [0.717, 1.165) is 16.1 Å². The number of hydrogen-bond acceptors (Lipinski definition) is 3. The lowest BCUT2D eigenvalue weighted by Gasteiger charge is -2.34. The molecule has 0 saturated carbocycles. The van der Waals surface area contributed by atoms with Gasteiger partial charge in [-0.1, -0.05) is 22.0 Å². The number of aromatic nitrogens is 2. The number of carbonyl (C=O) groups is 1. The van der Waals surface area contributed by atoms with Crippen molar-refractivity contribution in [3.8, 4) is 0 Å². The zero-order valence-corrected chi connectivity index (χ0v) is 17.2. The topological polar surface area (TPSA) is 52.2 Å². The van der Waals surface area contributed by atoms with Crippen LogP contribution in [-0.4, -0.2) is 51.9 Å². The summed E-state index contributed by atoms with van der Waals surface area (Å²) in [7, 11) is 0. The number of hydrogen-bond donors (Lipinski definition) is 1. The molecule has 4 rings (SSSR count). The average Bonchev–Trinajstić information content (AvgIpc) is 3.12. The third-order valence-electron chi connectivity index (χ3n) is 5.08. The molecule has 0 bridgehead atoms. The van der Waals surface area contributed by atoms with Crippen LogP contribution >= 0.6 is 15.9 Å². The summed E-state index contributed by atoms with van der Waals surface area (Å²) in [5.74, 6) is -0.843. The number of nitrogens with zero attached hydrogens (tertiary/aromatic N) is 3. The van der Waals surface area contributed by atoms with Gasteiger partial charge in [-0.15, -0.1) is 0 Å². The van der Waals surface area contributed by atoms with Crippen molar-refractivity contribution >= 4 is 32.9 Å². The number of halogens is 5. The average molecular weight is 485 g/mol. The fourth-order valence-corrected chi connectivity index (χ4v) is 3.80. The van der Waals surface area contributed by atoms with Gasteiger partial charge in [0.2, 0.25) is 0 Å². The molecule has 1 saturated heterocycles. The second kappa shape index (κ2) is 7.99. The molecule has 5 nitrogen and oxygen atoms in total. The van der Waals surface area contributed by atoms with Crippen LogP contribution in [0.2, 0.25) is 0 Å². The van der Waals surface area contributed by atoms with E-state index in [4.69, 9.17) is 0 Å². The maximum Gasteiger partial charge on any atom is 0.416 e. The minimum absolute atomic E-state index is 0.185. The minimum atomic E-state index is -4.57. The van der Waals surface area contributed by atoms with E-state index in [1.807, 2.05) is 23.1 Å². The van der Waals surface area contributed by atoms with E-state index in [9.17, 15) is 22.4 Å². The Hall–Kier alpha value is -2.46. The normalized spacial score (nSPS) is 15.7. The summed E-state index contributed by atoms with van der Waals surface area (Å²) in [5, 5.41) is 0. The number of piperazine rings is 1. The van der Waals surface area contributed by atoms with Crippen LogP contribution in [-0.2, 0) is 12.7 Å². The van der Waals surface area contributed by atoms with E-state index in [1.165, 1.54) is 6.07 Å². The van der Waals surface area contributed by atoms with Crippen molar-refractivity contribution < 1.29 is 22.4 Å². The van der Waals surface area contributed by atoms with Gasteiger partial charge in [-0.3, -0.25) is 9.69 Å². The molecule has 1 amide bonds. The lowest BCUT2D eigenvalue weighted by atomic mass is 10.1. The lowest BCUT2D eigenvalue weighted by Crippen LogP contribution is -2.48. The summed E-state index contributed by atoms with van der Waals surface area (Å²) >= 11 is 3.38. The van der Waals surface area contributed by atoms with E-state index >= 15 is 0 Å². The number of carbonyl (C=O) groups excluding carboxylic acids is 1. The summed E-state index contributed by atoms with van der Waals surface area (Å²) in [6, 6.07) is 8.07. The highest BCUT2D eigenvalue weighted by atomic mass is 79.9. The van der Waals surface area contributed by atoms with Crippen LogP contribution in [0.4, 0.5) is 17.6 Å². The fraction of sp³-hybridized carbons (Fsp3) is 0.300. The molecule has 3 aromatic rings. The number of amides is 1. The number of alkyl halides is 3. The van der Waals surface area contributed by atoms with Crippen LogP contribution in [0.5, 0.6) is 0 Å². The monoisotopic (exact) mass is 484 g/mol. The van der Waals surface area contributed by atoms with Crippen LogP contribution in [0.15, 0.2) is 40.9 Å². The van der Waals surface area contributed by atoms with E-state index in [2.05, 4.69) is 25.9 Å². The maximum absolute atomic E-state index is 14.1. The summed E-state index contributed by atoms with van der Waals surface area (Å²) < 4.78 is 53.0. The molecule has 1 aliphatic rings. The third kappa shape index (κ3) is 4.34. The van der Waals surface area contributed by atoms with E-state index in [-0.39, 0.29) is 23.8 Å². The summed E-state index contributed by atoms with van der Waals surface area (Å²) in [5.41, 5.74) is 0.643. The van der Waals surface area contributed by atoms with Gasteiger partial charge < -0.3 is 9.88 Å². The van der Waals surface area contributed by atoms with Gasteiger partial charge in [-0.2, -0.15) is 13.2 Å². The Morgan fingerprint density at radius 1 is 1.10 bits per heavy atom. The zero-order chi connectivity index (χ0) is 21.5. The first-order valence-corrected chi connectivity index (χ1v) is 10.0. The quantitative estimate of drug-likeness (QED) is 0.559. The van der Waals surface area contributed by atoms with Crippen LogP contribution in [0.1, 0.15) is 21.7 Å². The number of aromatic amines is 1. The highest BCUT2D eigenvalue weighted by molar-refractivity contribution is 9.10.